The van der Waals surface area contributed by atoms with Gasteiger partial charge in [-0.05, 0) is 112 Å². The minimum atomic E-state index is 0.899. The number of rotatable bonds is 6. The van der Waals surface area contributed by atoms with Crippen LogP contribution in [0, 0.1) is 0 Å². The molecule has 0 aliphatic heterocycles. The van der Waals surface area contributed by atoms with Gasteiger partial charge in [0.15, 0.2) is 0 Å². The molecule has 0 aliphatic rings. The lowest BCUT2D eigenvalue weighted by Gasteiger charge is -2.26. The van der Waals surface area contributed by atoms with Crippen molar-refractivity contribution < 1.29 is 8.83 Å². The minimum absolute atomic E-state index is 0.899. The van der Waals surface area contributed by atoms with Crippen LogP contribution in [0.2, 0.25) is 0 Å². The highest BCUT2D eigenvalue weighted by Gasteiger charge is 2.17. The molecule has 12 rings (SSSR count). The molecule has 58 heavy (non-hydrogen) atoms. The van der Waals surface area contributed by atoms with Crippen molar-refractivity contribution in [3.05, 3.63) is 200 Å². The Labute approximate surface area is 338 Å². The average molecular weight is 760 g/mol. The SMILES string of the molecule is c1ccc2c(c1)oc1ccc(-c3ccc(N(c4ccc(-c5cccc6oc7ccccc7c56)cc4)c4ccc(-c5cccc6sc7ccccc7c56)cc4)cc3)cc12. The van der Waals surface area contributed by atoms with Crippen molar-refractivity contribution in [1.29, 1.82) is 0 Å². The van der Waals surface area contributed by atoms with Gasteiger partial charge >= 0.3 is 0 Å². The van der Waals surface area contributed by atoms with Crippen LogP contribution in [0.25, 0.3) is 97.4 Å². The van der Waals surface area contributed by atoms with Gasteiger partial charge in [-0.15, -0.1) is 11.3 Å². The first-order chi connectivity index (χ1) is 28.7. The quantitative estimate of drug-likeness (QED) is 0.169. The maximum atomic E-state index is 6.24. The number of anilines is 3. The molecule has 3 nitrogen and oxygen atoms in total. The summed E-state index contributed by atoms with van der Waals surface area (Å²) in [6, 6.07) is 71.6. The predicted molar refractivity (Wildman–Crippen MR) is 245 cm³/mol. The van der Waals surface area contributed by atoms with E-state index in [1.165, 1.54) is 31.3 Å². The highest BCUT2D eigenvalue weighted by molar-refractivity contribution is 7.25. The lowest BCUT2D eigenvalue weighted by atomic mass is 9.98. The Morgan fingerprint density at radius 3 is 1.50 bits per heavy atom. The first-order valence-corrected chi connectivity index (χ1v) is 20.4. The van der Waals surface area contributed by atoms with Crippen LogP contribution in [0.15, 0.2) is 209 Å². The maximum absolute atomic E-state index is 6.24. The molecular formula is C54H33NO2S. The van der Waals surface area contributed by atoms with Crippen LogP contribution in [-0.4, -0.2) is 0 Å². The molecule has 0 saturated carbocycles. The van der Waals surface area contributed by atoms with Gasteiger partial charge in [0.1, 0.15) is 22.3 Å². The number of hydrogen-bond acceptors (Lipinski definition) is 4. The van der Waals surface area contributed by atoms with Gasteiger partial charge in [0.2, 0.25) is 0 Å². The molecule has 0 N–H and O–H groups in total. The van der Waals surface area contributed by atoms with E-state index in [2.05, 4.69) is 181 Å². The van der Waals surface area contributed by atoms with E-state index in [-0.39, 0.29) is 0 Å². The number of nitrogens with zero attached hydrogens (tertiary/aromatic N) is 1. The van der Waals surface area contributed by atoms with Crippen LogP contribution in [-0.2, 0) is 0 Å². The molecule has 9 aromatic carbocycles. The van der Waals surface area contributed by atoms with Crippen molar-refractivity contribution >= 4 is 92.4 Å². The van der Waals surface area contributed by atoms with E-state index in [4.69, 9.17) is 8.83 Å². The summed E-state index contributed by atoms with van der Waals surface area (Å²) in [5.74, 6) is 0. The first-order valence-electron chi connectivity index (χ1n) is 19.6. The zero-order valence-corrected chi connectivity index (χ0v) is 32.0. The maximum Gasteiger partial charge on any atom is 0.136 e. The standard InChI is InChI=1S/C54H33NO2S/c1-4-14-47-43(9-1)46-33-37(25-32-49(46)56-47)34-19-26-38(27-20-34)55(39-28-21-35(22-29-39)41-12-7-16-50-53(41)44-10-2-5-15-48(44)57-50)40-30-23-36(24-31-40)42-13-8-18-52-54(42)45-11-3-6-17-51(45)58-52/h1-33H. The smallest absolute Gasteiger partial charge is 0.136 e. The number of benzene rings is 9. The summed E-state index contributed by atoms with van der Waals surface area (Å²) >= 11 is 1.86. The van der Waals surface area contributed by atoms with Crippen LogP contribution in [0.5, 0.6) is 0 Å². The molecule has 0 unspecified atom stereocenters. The summed E-state index contributed by atoms with van der Waals surface area (Å²) in [6.07, 6.45) is 0. The molecule has 272 valence electrons. The van der Waals surface area contributed by atoms with Crippen molar-refractivity contribution in [2.45, 2.75) is 0 Å². The van der Waals surface area contributed by atoms with Gasteiger partial charge in [-0.1, -0.05) is 121 Å². The summed E-state index contributed by atoms with van der Waals surface area (Å²) < 4.78 is 15.0. The van der Waals surface area contributed by atoms with Crippen molar-refractivity contribution in [3.63, 3.8) is 0 Å². The Kier molecular flexibility index (Phi) is 7.40. The summed E-state index contributed by atoms with van der Waals surface area (Å²) in [4.78, 5) is 2.35. The van der Waals surface area contributed by atoms with E-state index in [0.29, 0.717) is 0 Å². The second kappa shape index (κ2) is 13.1. The van der Waals surface area contributed by atoms with Crippen molar-refractivity contribution in [1.82, 2.24) is 0 Å². The van der Waals surface area contributed by atoms with Crippen molar-refractivity contribution in [2.24, 2.45) is 0 Å². The highest BCUT2D eigenvalue weighted by atomic mass is 32.1. The third-order valence-electron chi connectivity index (χ3n) is 11.5. The van der Waals surface area contributed by atoms with Crippen molar-refractivity contribution in [3.8, 4) is 33.4 Å². The Hall–Kier alpha value is -7.40. The van der Waals surface area contributed by atoms with Crippen LogP contribution in [0.3, 0.4) is 0 Å². The largest absolute Gasteiger partial charge is 0.456 e. The average Bonchev–Trinajstić information content (AvgIpc) is 3.98. The molecule has 0 atom stereocenters. The van der Waals surface area contributed by atoms with E-state index < -0.39 is 0 Å². The third kappa shape index (κ3) is 5.27. The molecular weight excluding hydrogens is 727 g/mol. The van der Waals surface area contributed by atoms with Gasteiger partial charge in [0.05, 0.1) is 0 Å². The lowest BCUT2D eigenvalue weighted by molar-refractivity contribution is 0.668. The Bertz CT molecular complexity index is 3340. The first kappa shape index (κ1) is 32.8. The molecule has 3 heterocycles. The zero-order chi connectivity index (χ0) is 38.2. The molecule has 0 bridgehead atoms. The van der Waals surface area contributed by atoms with E-state index in [9.17, 15) is 0 Å². The van der Waals surface area contributed by atoms with Gasteiger partial charge < -0.3 is 13.7 Å². The molecule has 0 aliphatic carbocycles. The minimum Gasteiger partial charge on any atom is -0.456 e. The van der Waals surface area contributed by atoms with Crippen LogP contribution in [0.1, 0.15) is 0 Å². The molecule has 4 heteroatoms. The monoisotopic (exact) mass is 759 g/mol. The number of furan rings is 2. The normalized spacial score (nSPS) is 11.8. The Balaban J connectivity index is 0.956. The fraction of sp³-hybridized carbons (Fsp3) is 0. The molecule has 0 amide bonds. The third-order valence-corrected chi connectivity index (χ3v) is 12.6. The topological polar surface area (TPSA) is 29.5 Å². The highest BCUT2D eigenvalue weighted by Crippen LogP contribution is 2.43. The van der Waals surface area contributed by atoms with E-state index in [1.807, 2.05) is 35.6 Å². The fourth-order valence-electron chi connectivity index (χ4n) is 8.77. The van der Waals surface area contributed by atoms with Gasteiger partial charge in [0, 0.05) is 58.8 Å². The van der Waals surface area contributed by atoms with E-state index in [0.717, 1.165) is 83.2 Å². The lowest BCUT2D eigenvalue weighted by Crippen LogP contribution is -2.09. The van der Waals surface area contributed by atoms with E-state index in [1.54, 1.807) is 0 Å². The van der Waals surface area contributed by atoms with Crippen molar-refractivity contribution in [2.75, 3.05) is 4.90 Å². The summed E-state index contributed by atoms with van der Waals surface area (Å²) in [7, 11) is 0. The van der Waals surface area contributed by atoms with Crippen LogP contribution < -0.4 is 4.90 Å². The molecule has 0 fully saturated rings. The zero-order valence-electron chi connectivity index (χ0n) is 31.2. The number of thiophene rings is 1. The predicted octanol–water partition coefficient (Wildman–Crippen LogP) is 16.3. The van der Waals surface area contributed by atoms with Gasteiger partial charge in [0.25, 0.3) is 0 Å². The van der Waals surface area contributed by atoms with Gasteiger partial charge in [-0.2, -0.15) is 0 Å². The number of fused-ring (bicyclic) bond motifs is 9. The molecule has 0 radical (unpaired) electrons. The number of para-hydroxylation sites is 2. The molecule has 0 saturated heterocycles. The summed E-state index contributed by atoms with van der Waals surface area (Å²) in [6.45, 7) is 0. The second-order valence-electron chi connectivity index (χ2n) is 14.8. The fourth-order valence-corrected chi connectivity index (χ4v) is 9.90. The van der Waals surface area contributed by atoms with E-state index >= 15 is 0 Å². The molecule has 0 spiro atoms. The van der Waals surface area contributed by atoms with Crippen LogP contribution in [0.4, 0.5) is 17.1 Å². The summed E-state index contributed by atoms with van der Waals surface area (Å²) in [5, 5.41) is 7.16. The summed E-state index contributed by atoms with van der Waals surface area (Å²) in [5.41, 5.74) is 13.9. The molecule has 3 aromatic heterocycles. The Morgan fingerprint density at radius 2 is 0.793 bits per heavy atom. The molecule has 12 aromatic rings. The van der Waals surface area contributed by atoms with Gasteiger partial charge in [-0.25, -0.2) is 0 Å². The Morgan fingerprint density at radius 1 is 0.310 bits per heavy atom. The van der Waals surface area contributed by atoms with Crippen LogP contribution >= 0.6 is 11.3 Å². The van der Waals surface area contributed by atoms with Gasteiger partial charge in [-0.3, -0.25) is 0 Å². The number of hydrogen-bond donors (Lipinski definition) is 0. The second-order valence-corrected chi connectivity index (χ2v) is 15.9.